The van der Waals surface area contributed by atoms with E-state index < -0.39 is 0 Å². The summed E-state index contributed by atoms with van der Waals surface area (Å²) in [6.07, 6.45) is 10.3. The van der Waals surface area contributed by atoms with Gasteiger partial charge in [-0.3, -0.25) is 4.79 Å². The summed E-state index contributed by atoms with van der Waals surface area (Å²) in [5, 5.41) is 2.64. The van der Waals surface area contributed by atoms with Crippen molar-refractivity contribution in [1.29, 1.82) is 0 Å². The third-order valence-electron chi connectivity index (χ3n) is 4.03. The van der Waals surface area contributed by atoms with Crippen molar-refractivity contribution in [3.8, 4) is 12.3 Å². The van der Waals surface area contributed by atoms with Gasteiger partial charge in [-0.25, -0.2) is 4.98 Å². The highest BCUT2D eigenvalue weighted by Gasteiger charge is 2.23. The van der Waals surface area contributed by atoms with Crippen molar-refractivity contribution in [3.63, 3.8) is 0 Å². The van der Waals surface area contributed by atoms with E-state index in [4.69, 9.17) is 6.42 Å². The Bertz CT molecular complexity index is 528. The first kappa shape index (κ1) is 15.4. The van der Waals surface area contributed by atoms with Crippen LogP contribution in [0, 0.1) is 17.8 Å². The summed E-state index contributed by atoms with van der Waals surface area (Å²) in [5.41, 5.74) is 0.952. The van der Waals surface area contributed by atoms with E-state index in [0.29, 0.717) is 11.0 Å². The Morgan fingerprint density at radius 2 is 2.24 bits per heavy atom. The number of aromatic nitrogens is 1. The van der Waals surface area contributed by atoms with Crippen molar-refractivity contribution in [2.45, 2.75) is 33.1 Å². The van der Waals surface area contributed by atoms with Crippen LogP contribution in [0.1, 0.15) is 43.5 Å². The second-order valence-corrected chi connectivity index (χ2v) is 6.30. The maximum Gasteiger partial charge on any atom is 0.253 e. The maximum atomic E-state index is 11.8. The molecule has 0 aliphatic carbocycles. The molecule has 1 saturated heterocycles. The molecular formula is C17H23N3O. The van der Waals surface area contributed by atoms with E-state index >= 15 is 0 Å². The molecule has 1 N–H and O–H groups in total. The topological polar surface area (TPSA) is 45.2 Å². The Labute approximate surface area is 126 Å². The molecule has 0 atom stereocenters. The summed E-state index contributed by atoms with van der Waals surface area (Å²) in [5.74, 6) is 3.15. The van der Waals surface area contributed by atoms with Gasteiger partial charge < -0.3 is 10.2 Å². The zero-order valence-corrected chi connectivity index (χ0v) is 12.9. The van der Waals surface area contributed by atoms with Crippen LogP contribution in [-0.2, 0) is 0 Å². The fourth-order valence-electron chi connectivity index (χ4n) is 2.59. The average Bonchev–Trinajstić information content (AvgIpc) is 2.66. The molecule has 4 nitrogen and oxygen atoms in total. The van der Waals surface area contributed by atoms with Crippen LogP contribution in [0.2, 0.25) is 0 Å². The largest absolute Gasteiger partial charge is 0.357 e. The van der Waals surface area contributed by atoms with Crippen molar-refractivity contribution < 1.29 is 4.79 Å². The van der Waals surface area contributed by atoms with Crippen LogP contribution < -0.4 is 10.2 Å². The monoisotopic (exact) mass is 285 g/mol. The van der Waals surface area contributed by atoms with Gasteiger partial charge in [-0.1, -0.05) is 19.8 Å². The van der Waals surface area contributed by atoms with E-state index in [2.05, 4.69) is 35.0 Å². The number of hydrogen-bond acceptors (Lipinski definition) is 3. The van der Waals surface area contributed by atoms with Crippen LogP contribution in [-0.4, -0.2) is 30.5 Å². The van der Waals surface area contributed by atoms with Gasteiger partial charge in [-0.15, -0.1) is 6.42 Å². The number of nitrogens with zero attached hydrogens (tertiary/aromatic N) is 2. The molecule has 2 rings (SSSR count). The zero-order chi connectivity index (χ0) is 15.3. The first-order chi connectivity index (χ1) is 10.0. The van der Waals surface area contributed by atoms with Crippen LogP contribution in [0.3, 0.4) is 0 Å². The molecule has 1 aliphatic heterocycles. The SMILES string of the molecule is C#CCNC(=O)c1ccc(N2CCCC(C)(C)CC2)nc1. The van der Waals surface area contributed by atoms with Crippen LogP contribution >= 0.6 is 0 Å². The summed E-state index contributed by atoms with van der Waals surface area (Å²) in [7, 11) is 0. The number of pyridine rings is 1. The summed E-state index contributed by atoms with van der Waals surface area (Å²) in [6.45, 7) is 6.93. The minimum Gasteiger partial charge on any atom is -0.357 e. The summed E-state index contributed by atoms with van der Waals surface area (Å²) in [6, 6.07) is 3.73. The molecule has 21 heavy (non-hydrogen) atoms. The maximum absolute atomic E-state index is 11.8. The van der Waals surface area contributed by atoms with E-state index in [1.165, 1.54) is 19.3 Å². The molecule has 0 saturated carbocycles. The molecule has 0 aromatic carbocycles. The third-order valence-corrected chi connectivity index (χ3v) is 4.03. The highest BCUT2D eigenvalue weighted by Crippen LogP contribution is 2.31. The Hall–Kier alpha value is -2.02. The van der Waals surface area contributed by atoms with E-state index in [1.54, 1.807) is 6.20 Å². The predicted molar refractivity (Wildman–Crippen MR) is 85.2 cm³/mol. The highest BCUT2D eigenvalue weighted by atomic mass is 16.1. The van der Waals surface area contributed by atoms with E-state index in [-0.39, 0.29) is 12.5 Å². The summed E-state index contributed by atoms with van der Waals surface area (Å²) < 4.78 is 0. The Balaban J connectivity index is 2.02. The van der Waals surface area contributed by atoms with Crippen LogP contribution in [0.15, 0.2) is 18.3 Å². The summed E-state index contributed by atoms with van der Waals surface area (Å²) in [4.78, 5) is 18.5. The molecule has 0 spiro atoms. The average molecular weight is 285 g/mol. The lowest BCUT2D eigenvalue weighted by Gasteiger charge is -2.24. The number of terminal acetylenes is 1. The van der Waals surface area contributed by atoms with Gasteiger partial charge in [0.05, 0.1) is 12.1 Å². The second-order valence-electron chi connectivity index (χ2n) is 6.30. The molecule has 1 fully saturated rings. The molecule has 2 heterocycles. The molecule has 0 radical (unpaired) electrons. The van der Waals surface area contributed by atoms with Crippen molar-refractivity contribution in [2.24, 2.45) is 5.41 Å². The first-order valence-electron chi connectivity index (χ1n) is 7.44. The fourth-order valence-corrected chi connectivity index (χ4v) is 2.59. The van der Waals surface area contributed by atoms with Crippen molar-refractivity contribution >= 4 is 11.7 Å². The first-order valence-corrected chi connectivity index (χ1v) is 7.44. The predicted octanol–water partition coefficient (Wildman–Crippen LogP) is 2.46. The lowest BCUT2D eigenvalue weighted by molar-refractivity contribution is 0.0958. The smallest absolute Gasteiger partial charge is 0.253 e. The van der Waals surface area contributed by atoms with E-state index in [9.17, 15) is 4.79 Å². The number of nitrogens with one attached hydrogen (secondary N) is 1. The van der Waals surface area contributed by atoms with E-state index in [0.717, 1.165) is 18.9 Å². The number of carbonyl (C=O) groups is 1. The van der Waals surface area contributed by atoms with Crippen molar-refractivity contribution in [3.05, 3.63) is 23.9 Å². The molecular weight excluding hydrogens is 262 g/mol. The number of carbonyl (C=O) groups excluding carboxylic acids is 1. The minimum absolute atomic E-state index is 0.177. The van der Waals surface area contributed by atoms with Gasteiger partial charge in [0, 0.05) is 19.3 Å². The van der Waals surface area contributed by atoms with Gasteiger partial charge in [0.15, 0.2) is 0 Å². The molecule has 1 aromatic heterocycles. The molecule has 1 aliphatic rings. The molecule has 1 amide bonds. The minimum atomic E-state index is -0.177. The molecule has 1 aromatic rings. The van der Waals surface area contributed by atoms with Crippen LogP contribution in [0.4, 0.5) is 5.82 Å². The number of hydrogen-bond donors (Lipinski definition) is 1. The summed E-state index contributed by atoms with van der Waals surface area (Å²) >= 11 is 0. The van der Waals surface area contributed by atoms with Gasteiger partial charge >= 0.3 is 0 Å². The van der Waals surface area contributed by atoms with Gasteiger partial charge in [-0.2, -0.15) is 0 Å². The van der Waals surface area contributed by atoms with Gasteiger partial charge in [0.2, 0.25) is 0 Å². The Kier molecular flexibility index (Phi) is 4.85. The lowest BCUT2D eigenvalue weighted by atomic mass is 9.85. The lowest BCUT2D eigenvalue weighted by Crippen LogP contribution is -2.27. The van der Waals surface area contributed by atoms with Gasteiger partial charge in [0.25, 0.3) is 5.91 Å². The van der Waals surface area contributed by atoms with Crippen molar-refractivity contribution in [2.75, 3.05) is 24.5 Å². The third kappa shape index (κ3) is 4.22. The molecule has 0 unspecified atom stereocenters. The fraction of sp³-hybridized carbons (Fsp3) is 0.529. The Morgan fingerprint density at radius 1 is 1.43 bits per heavy atom. The quantitative estimate of drug-likeness (QED) is 0.868. The van der Waals surface area contributed by atoms with Gasteiger partial charge in [0.1, 0.15) is 5.82 Å². The Morgan fingerprint density at radius 3 is 2.90 bits per heavy atom. The number of anilines is 1. The van der Waals surface area contributed by atoms with E-state index in [1.807, 2.05) is 12.1 Å². The van der Waals surface area contributed by atoms with Gasteiger partial charge in [-0.05, 0) is 36.8 Å². The van der Waals surface area contributed by atoms with Crippen molar-refractivity contribution in [1.82, 2.24) is 10.3 Å². The zero-order valence-electron chi connectivity index (χ0n) is 12.9. The van der Waals surface area contributed by atoms with Crippen LogP contribution in [0.5, 0.6) is 0 Å². The standard InChI is InChI=1S/C17H23N3O/c1-4-10-18-16(21)14-6-7-15(19-13-14)20-11-5-8-17(2,3)9-12-20/h1,6-7,13H,5,8-12H2,2-3H3,(H,18,21). The molecule has 4 heteroatoms. The van der Waals surface area contributed by atoms with Crippen LogP contribution in [0.25, 0.3) is 0 Å². The molecule has 0 bridgehead atoms. The number of amides is 1. The molecule has 112 valence electrons. The highest BCUT2D eigenvalue weighted by molar-refractivity contribution is 5.94. The number of rotatable bonds is 3. The normalized spacial score (nSPS) is 17.7. The second kappa shape index (κ2) is 6.62.